The van der Waals surface area contributed by atoms with Crippen LogP contribution in [0.4, 0.5) is 0 Å². The largest absolute Gasteiger partial charge is 0.376 e. The van der Waals surface area contributed by atoms with Crippen molar-refractivity contribution in [1.29, 1.82) is 0 Å². The fraction of sp³-hybridized carbons (Fsp3) is 1.00. The Labute approximate surface area is 95.5 Å². The fourth-order valence-electron chi connectivity index (χ4n) is 2.49. The molecule has 0 spiro atoms. The first-order valence-corrected chi connectivity index (χ1v) is 7.13. The molecule has 90 valence electrons. The number of hydrogen-bond donors (Lipinski definition) is 0. The zero-order chi connectivity index (χ0) is 11.7. The summed E-state index contributed by atoms with van der Waals surface area (Å²) in [5.74, 6) is 0.314. The molecule has 1 heterocycles. The first-order valence-electron chi connectivity index (χ1n) is 5.72. The van der Waals surface area contributed by atoms with E-state index in [4.69, 9.17) is 9.47 Å². The monoisotopic (exact) mass is 232 g/mol. The summed E-state index contributed by atoms with van der Waals surface area (Å²) in [7, 11) is -0.208. The molecule has 1 rings (SSSR count). The van der Waals surface area contributed by atoms with Gasteiger partial charge in [-0.05, 0) is 10.3 Å². The SMILES string of the molecule is CC(C)(C)P(C1COCCO1)C(C)(C)C. The smallest absolute Gasteiger partial charge is 0.101 e. The van der Waals surface area contributed by atoms with Crippen molar-refractivity contribution in [1.82, 2.24) is 0 Å². The van der Waals surface area contributed by atoms with Gasteiger partial charge in [-0.3, -0.25) is 0 Å². The van der Waals surface area contributed by atoms with Crippen molar-refractivity contribution in [2.24, 2.45) is 0 Å². The lowest BCUT2D eigenvalue weighted by molar-refractivity contribution is -0.0537. The van der Waals surface area contributed by atoms with Crippen LogP contribution >= 0.6 is 7.92 Å². The third kappa shape index (κ3) is 3.69. The molecule has 0 aliphatic carbocycles. The maximum Gasteiger partial charge on any atom is 0.101 e. The summed E-state index contributed by atoms with van der Waals surface area (Å²) in [6.45, 7) is 16.2. The Morgan fingerprint density at radius 1 is 0.933 bits per heavy atom. The van der Waals surface area contributed by atoms with E-state index < -0.39 is 0 Å². The molecule has 1 aliphatic rings. The van der Waals surface area contributed by atoms with Crippen LogP contribution in [-0.4, -0.2) is 36.0 Å². The molecule has 0 aromatic heterocycles. The minimum atomic E-state index is -0.208. The molecular formula is C12H25O2P. The van der Waals surface area contributed by atoms with E-state index in [0.717, 1.165) is 19.8 Å². The van der Waals surface area contributed by atoms with Gasteiger partial charge in [-0.1, -0.05) is 49.5 Å². The topological polar surface area (TPSA) is 18.5 Å². The summed E-state index contributed by atoms with van der Waals surface area (Å²) < 4.78 is 11.4. The molecule has 1 saturated heterocycles. The molecule has 15 heavy (non-hydrogen) atoms. The summed E-state index contributed by atoms with van der Waals surface area (Å²) in [4.78, 5) is 0. The van der Waals surface area contributed by atoms with Crippen molar-refractivity contribution < 1.29 is 9.47 Å². The van der Waals surface area contributed by atoms with Gasteiger partial charge in [0.2, 0.25) is 0 Å². The predicted molar refractivity (Wildman–Crippen MR) is 67.0 cm³/mol. The van der Waals surface area contributed by atoms with Crippen molar-refractivity contribution in [3.8, 4) is 0 Å². The van der Waals surface area contributed by atoms with Crippen LogP contribution in [0.15, 0.2) is 0 Å². The standard InChI is InChI=1S/C12H25O2P/c1-11(2,3)15(12(4,5)6)10-9-13-7-8-14-10/h10H,7-9H2,1-6H3. The van der Waals surface area contributed by atoms with Gasteiger partial charge in [0, 0.05) is 0 Å². The zero-order valence-corrected chi connectivity index (χ0v) is 11.9. The first kappa shape index (κ1) is 13.4. The molecule has 0 aromatic rings. The minimum absolute atomic E-state index is 0.208. The van der Waals surface area contributed by atoms with Crippen molar-refractivity contribution >= 4 is 7.92 Å². The van der Waals surface area contributed by atoms with Crippen LogP contribution in [0.1, 0.15) is 41.5 Å². The molecular weight excluding hydrogens is 207 g/mol. The second-order valence-corrected chi connectivity index (χ2v) is 10.1. The molecule has 1 unspecified atom stereocenters. The Balaban J connectivity index is 2.80. The predicted octanol–water partition coefficient (Wildman–Crippen LogP) is 3.44. The van der Waals surface area contributed by atoms with Gasteiger partial charge in [0.05, 0.1) is 19.8 Å². The van der Waals surface area contributed by atoms with Crippen molar-refractivity contribution in [2.45, 2.75) is 57.7 Å². The van der Waals surface area contributed by atoms with E-state index in [-0.39, 0.29) is 7.92 Å². The van der Waals surface area contributed by atoms with Gasteiger partial charge in [0.15, 0.2) is 0 Å². The molecule has 0 N–H and O–H groups in total. The van der Waals surface area contributed by atoms with Crippen LogP contribution in [0.2, 0.25) is 0 Å². The molecule has 1 aliphatic heterocycles. The third-order valence-corrected chi connectivity index (χ3v) is 6.30. The lowest BCUT2D eigenvalue weighted by Gasteiger charge is -2.46. The number of rotatable bonds is 1. The summed E-state index contributed by atoms with van der Waals surface area (Å²) in [5, 5.41) is 0.637. The quantitative estimate of drug-likeness (QED) is 0.645. The number of hydrogen-bond acceptors (Lipinski definition) is 2. The molecule has 0 aromatic carbocycles. The normalized spacial score (nSPS) is 24.6. The Bertz CT molecular complexity index is 183. The Morgan fingerprint density at radius 2 is 1.47 bits per heavy atom. The molecule has 2 nitrogen and oxygen atoms in total. The van der Waals surface area contributed by atoms with E-state index >= 15 is 0 Å². The third-order valence-electron chi connectivity index (χ3n) is 2.53. The van der Waals surface area contributed by atoms with E-state index in [2.05, 4.69) is 41.5 Å². The van der Waals surface area contributed by atoms with E-state index in [1.807, 2.05) is 0 Å². The summed E-state index contributed by atoms with van der Waals surface area (Å²) >= 11 is 0. The molecule has 0 bridgehead atoms. The van der Waals surface area contributed by atoms with Crippen molar-refractivity contribution in [3.63, 3.8) is 0 Å². The molecule has 1 fully saturated rings. The van der Waals surface area contributed by atoms with Gasteiger partial charge in [-0.2, -0.15) is 0 Å². The fourth-order valence-corrected chi connectivity index (χ4v) is 6.74. The van der Waals surface area contributed by atoms with Crippen LogP contribution in [0, 0.1) is 0 Å². The Hall–Kier alpha value is 0.350. The molecule has 1 atom stereocenters. The molecule has 0 radical (unpaired) electrons. The second-order valence-electron chi connectivity index (χ2n) is 6.11. The van der Waals surface area contributed by atoms with Crippen molar-refractivity contribution in [3.05, 3.63) is 0 Å². The Morgan fingerprint density at radius 3 is 1.80 bits per heavy atom. The van der Waals surface area contributed by atoms with Crippen LogP contribution < -0.4 is 0 Å². The second kappa shape index (κ2) is 4.69. The molecule has 0 amide bonds. The van der Waals surface area contributed by atoms with E-state index in [1.54, 1.807) is 0 Å². The van der Waals surface area contributed by atoms with Crippen LogP contribution in [0.3, 0.4) is 0 Å². The Kier molecular flexibility index (Phi) is 4.20. The highest BCUT2D eigenvalue weighted by Gasteiger charge is 2.41. The highest BCUT2D eigenvalue weighted by Crippen LogP contribution is 2.62. The summed E-state index contributed by atoms with van der Waals surface area (Å²) in [6, 6.07) is 0. The van der Waals surface area contributed by atoms with Gasteiger partial charge >= 0.3 is 0 Å². The van der Waals surface area contributed by atoms with Crippen LogP contribution in [0.5, 0.6) is 0 Å². The maximum atomic E-state index is 5.90. The van der Waals surface area contributed by atoms with Gasteiger partial charge in [-0.25, -0.2) is 0 Å². The van der Waals surface area contributed by atoms with Crippen LogP contribution in [-0.2, 0) is 9.47 Å². The van der Waals surface area contributed by atoms with Gasteiger partial charge < -0.3 is 9.47 Å². The highest BCUT2D eigenvalue weighted by molar-refractivity contribution is 7.61. The highest BCUT2D eigenvalue weighted by atomic mass is 31.1. The van der Waals surface area contributed by atoms with Crippen LogP contribution in [0.25, 0.3) is 0 Å². The number of ether oxygens (including phenoxy) is 2. The molecule has 0 saturated carbocycles. The van der Waals surface area contributed by atoms with E-state index in [9.17, 15) is 0 Å². The van der Waals surface area contributed by atoms with Gasteiger partial charge in [0.1, 0.15) is 5.85 Å². The van der Waals surface area contributed by atoms with E-state index in [0.29, 0.717) is 16.2 Å². The molecule has 3 heteroatoms. The van der Waals surface area contributed by atoms with E-state index in [1.165, 1.54) is 0 Å². The van der Waals surface area contributed by atoms with Gasteiger partial charge in [-0.15, -0.1) is 0 Å². The summed E-state index contributed by atoms with van der Waals surface area (Å²) in [5.41, 5.74) is 0. The van der Waals surface area contributed by atoms with Crippen molar-refractivity contribution in [2.75, 3.05) is 19.8 Å². The average Bonchev–Trinajstić information content (AvgIpc) is 2.00. The summed E-state index contributed by atoms with van der Waals surface area (Å²) in [6.07, 6.45) is 0. The average molecular weight is 232 g/mol. The maximum absolute atomic E-state index is 5.90. The first-order chi connectivity index (χ1) is 6.73. The lowest BCUT2D eigenvalue weighted by atomic mass is 10.2. The van der Waals surface area contributed by atoms with Gasteiger partial charge in [0.25, 0.3) is 0 Å². The minimum Gasteiger partial charge on any atom is -0.376 e. The zero-order valence-electron chi connectivity index (χ0n) is 11.0. The lowest BCUT2D eigenvalue weighted by Crippen LogP contribution is -2.38.